The molecule has 0 aliphatic carbocycles. The van der Waals surface area contributed by atoms with Gasteiger partial charge in [0, 0.05) is 50.3 Å². The summed E-state index contributed by atoms with van der Waals surface area (Å²) >= 11 is 0. The second-order valence-corrected chi connectivity index (χ2v) is 5.37. The predicted octanol–water partition coefficient (Wildman–Crippen LogP) is 1.18. The van der Waals surface area contributed by atoms with E-state index in [0.717, 1.165) is 26.2 Å². The molecule has 2 bridgehead atoms. The highest BCUT2D eigenvalue weighted by Gasteiger charge is 2.33. The molecule has 2 atom stereocenters. The third-order valence-electron chi connectivity index (χ3n) is 4.10. The van der Waals surface area contributed by atoms with Gasteiger partial charge >= 0.3 is 0 Å². The molecule has 18 heavy (non-hydrogen) atoms. The highest BCUT2D eigenvalue weighted by Crippen LogP contribution is 2.34. The average Bonchev–Trinajstić information content (AvgIpc) is 2.38. The molecule has 0 unspecified atom stereocenters. The zero-order valence-electron chi connectivity index (χ0n) is 10.4. The molecule has 1 fully saturated rings. The normalized spacial score (nSPS) is 26.4. The van der Waals surface area contributed by atoms with Gasteiger partial charge in [0.2, 0.25) is 0 Å². The summed E-state index contributed by atoms with van der Waals surface area (Å²) in [6, 6.07) is 7.81. The van der Waals surface area contributed by atoms with E-state index in [2.05, 4.69) is 17.0 Å². The van der Waals surface area contributed by atoms with Crippen molar-refractivity contribution in [3.05, 3.63) is 34.2 Å². The molecule has 0 spiro atoms. The zero-order chi connectivity index (χ0) is 12.5. The second-order valence-electron chi connectivity index (χ2n) is 5.37. The molecule has 2 aliphatic rings. The van der Waals surface area contributed by atoms with Gasteiger partial charge in [0.1, 0.15) is 0 Å². The van der Waals surface area contributed by atoms with Gasteiger partial charge in [-0.05, 0) is 18.4 Å². The van der Waals surface area contributed by atoms with E-state index < -0.39 is 0 Å². The molecule has 2 aliphatic heterocycles. The third-order valence-corrected chi connectivity index (χ3v) is 4.10. The minimum absolute atomic E-state index is 0.132. The average molecular weight is 243 g/mol. The Morgan fingerprint density at radius 1 is 1.33 bits per heavy atom. The summed E-state index contributed by atoms with van der Waals surface area (Å²) in [6.07, 6.45) is 1.79. The Morgan fingerprint density at radius 3 is 3.06 bits per heavy atom. The van der Waals surface area contributed by atoms with E-state index in [9.17, 15) is 4.79 Å². The summed E-state index contributed by atoms with van der Waals surface area (Å²) in [5.41, 5.74) is 1.31. The van der Waals surface area contributed by atoms with Crippen LogP contribution >= 0.6 is 0 Å². The number of fused-ring (bicyclic) bond motifs is 4. The molecular weight excluding hydrogens is 226 g/mol. The monoisotopic (exact) mass is 243 g/mol. The Morgan fingerprint density at radius 2 is 2.22 bits per heavy atom. The molecule has 0 radical (unpaired) electrons. The van der Waals surface area contributed by atoms with Crippen LogP contribution in [0.4, 0.5) is 0 Å². The van der Waals surface area contributed by atoms with E-state index in [0.29, 0.717) is 18.3 Å². The lowest BCUT2D eigenvalue weighted by Gasteiger charge is -2.42. The van der Waals surface area contributed by atoms with Crippen molar-refractivity contribution in [1.29, 1.82) is 5.26 Å². The van der Waals surface area contributed by atoms with E-state index in [4.69, 9.17) is 5.26 Å². The SMILES string of the molecule is N#CCCN1C[C@H]2C[C@@H](C1)c1cccc(=O)n1C2. The first kappa shape index (κ1) is 11.5. The topological polar surface area (TPSA) is 49.0 Å². The molecule has 1 aromatic rings. The van der Waals surface area contributed by atoms with Gasteiger partial charge in [-0.15, -0.1) is 0 Å². The highest BCUT2D eigenvalue weighted by atomic mass is 16.1. The van der Waals surface area contributed by atoms with Crippen molar-refractivity contribution in [2.75, 3.05) is 19.6 Å². The molecule has 1 aromatic heterocycles. The maximum Gasteiger partial charge on any atom is 0.250 e. The summed E-state index contributed by atoms with van der Waals surface area (Å²) in [6.45, 7) is 3.72. The lowest BCUT2D eigenvalue weighted by molar-refractivity contribution is 0.122. The van der Waals surface area contributed by atoms with E-state index in [1.807, 2.05) is 10.6 Å². The Bertz CT molecular complexity index is 543. The minimum atomic E-state index is 0.132. The molecule has 0 N–H and O–H groups in total. The van der Waals surface area contributed by atoms with Crippen LogP contribution < -0.4 is 5.56 Å². The Balaban J connectivity index is 1.86. The number of likely N-dealkylation sites (tertiary alicyclic amines) is 1. The molecule has 94 valence electrons. The number of piperidine rings is 1. The number of hydrogen-bond acceptors (Lipinski definition) is 3. The quantitative estimate of drug-likeness (QED) is 0.783. The lowest BCUT2D eigenvalue weighted by atomic mass is 9.83. The van der Waals surface area contributed by atoms with Crippen molar-refractivity contribution in [1.82, 2.24) is 9.47 Å². The molecule has 3 heterocycles. The van der Waals surface area contributed by atoms with Gasteiger partial charge in [0.15, 0.2) is 0 Å². The van der Waals surface area contributed by atoms with Gasteiger partial charge in [0.05, 0.1) is 6.07 Å². The van der Waals surface area contributed by atoms with Gasteiger partial charge in [-0.3, -0.25) is 4.79 Å². The van der Waals surface area contributed by atoms with E-state index in [1.165, 1.54) is 12.1 Å². The number of nitrogens with zero attached hydrogens (tertiary/aromatic N) is 3. The van der Waals surface area contributed by atoms with Crippen LogP contribution in [0.5, 0.6) is 0 Å². The van der Waals surface area contributed by atoms with Crippen LogP contribution in [0.3, 0.4) is 0 Å². The standard InChI is InChI=1S/C14H17N3O/c15-5-2-6-16-8-11-7-12(10-16)13-3-1-4-14(18)17(13)9-11/h1,3-4,11-12H,2,6-10H2/t11-,12+/m1/s1. The van der Waals surface area contributed by atoms with Crippen LogP contribution in [0, 0.1) is 17.2 Å². The van der Waals surface area contributed by atoms with E-state index in [1.54, 1.807) is 6.07 Å². The molecule has 1 saturated heterocycles. The Kier molecular flexibility index (Phi) is 2.92. The minimum Gasteiger partial charge on any atom is -0.312 e. The molecule has 4 nitrogen and oxygen atoms in total. The van der Waals surface area contributed by atoms with Crippen molar-refractivity contribution in [2.24, 2.45) is 5.92 Å². The Labute approximate surface area is 106 Å². The Hall–Kier alpha value is -1.60. The van der Waals surface area contributed by atoms with Gasteiger partial charge in [-0.25, -0.2) is 0 Å². The van der Waals surface area contributed by atoms with Crippen LogP contribution in [0.25, 0.3) is 0 Å². The van der Waals surface area contributed by atoms with E-state index in [-0.39, 0.29) is 5.56 Å². The predicted molar refractivity (Wildman–Crippen MR) is 68.2 cm³/mol. The molecule has 4 heteroatoms. The number of nitriles is 1. The van der Waals surface area contributed by atoms with Gasteiger partial charge in [-0.1, -0.05) is 6.07 Å². The maximum absolute atomic E-state index is 11.9. The van der Waals surface area contributed by atoms with Crippen LogP contribution in [0.1, 0.15) is 24.5 Å². The van der Waals surface area contributed by atoms with Crippen molar-refractivity contribution >= 4 is 0 Å². The highest BCUT2D eigenvalue weighted by molar-refractivity contribution is 5.16. The first-order valence-corrected chi connectivity index (χ1v) is 6.57. The maximum atomic E-state index is 11.9. The van der Waals surface area contributed by atoms with Gasteiger partial charge < -0.3 is 9.47 Å². The second kappa shape index (κ2) is 4.58. The van der Waals surface area contributed by atoms with Crippen LogP contribution in [0.2, 0.25) is 0 Å². The molecular formula is C14H17N3O. The van der Waals surface area contributed by atoms with E-state index >= 15 is 0 Å². The summed E-state index contributed by atoms with van der Waals surface area (Å²) in [5, 5.41) is 8.67. The van der Waals surface area contributed by atoms with Gasteiger partial charge in [0.25, 0.3) is 5.56 Å². The van der Waals surface area contributed by atoms with Crippen molar-refractivity contribution in [2.45, 2.75) is 25.3 Å². The van der Waals surface area contributed by atoms with Crippen molar-refractivity contribution in [3.8, 4) is 6.07 Å². The fourth-order valence-electron chi connectivity index (χ4n) is 3.39. The number of aromatic nitrogens is 1. The third kappa shape index (κ3) is 1.95. The molecule has 3 rings (SSSR count). The summed E-state index contributed by atoms with van der Waals surface area (Å²) in [5.74, 6) is 1.03. The van der Waals surface area contributed by atoms with Crippen molar-refractivity contribution < 1.29 is 0 Å². The lowest BCUT2D eigenvalue weighted by Crippen LogP contribution is -2.47. The number of hydrogen-bond donors (Lipinski definition) is 0. The smallest absolute Gasteiger partial charge is 0.250 e. The van der Waals surface area contributed by atoms with Crippen LogP contribution in [-0.4, -0.2) is 29.1 Å². The summed E-state index contributed by atoms with van der Waals surface area (Å²) < 4.78 is 1.94. The summed E-state index contributed by atoms with van der Waals surface area (Å²) in [7, 11) is 0. The first-order valence-electron chi connectivity index (χ1n) is 6.57. The molecule has 0 aromatic carbocycles. The number of rotatable bonds is 2. The van der Waals surface area contributed by atoms with Crippen molar-refractivity contribution in [3.63, 3.8) is 0 Å². The molecule has 0 amide bonds. The van der Waals surface area contributed by atoms with Crippen LogP contribution in [0.15, 0.2) is 23.0 Å². The molecule has 0 saturated carbocycles. The summed E-state index contributed by atoms with van der Waals surface area (Å²) in [4.78, 5) is 14.2. The van der Waals surface area contributed by atoms with Gasteiger partial charge in [-0.2, -0.15) is 5.26 Å². The zero-order valence-corrected chi connectivity index (χ0v) is 10.4. The number of pyridine rings is 1. The largest absolute Gasteiger partial charge is 0.312 e. The fourth-order valence-corrected chi connectivity index (χ4v) is 3.39. The van der Waals surface area contributed by atoms with Crippen LogP contribution in [-0.2, 0) is 6.54 Å². The fraction of sp³-hybridized carbons (Fsp3) is 0.571. The first-order chi connectivity index (χ1) is 8.78.